The van der Waals surface area contributed by atoms with Gasteiger partial charge in [0, 0.05) is 6.04 Å². The Labute approximate surface area is 128 Å². The summed E-state index contributed by atoms with van der Waals surface area (Å²) in [7, 11) is -1.70. The van der Waals surface area contributed by atoms with E-state index in [1.807, 2.05) is 0 Å². The number of nitrogens with one attached hydrogen (secondary N) is 1. The van der Waals surface area contributed by atoms with E-state index in [0.29, 0.717) is 6.42 Å². The number of carbonyl (C=O) groups excluding carboxylic acids is 1. The second kappa shape index (κ2) is 7.58. The Balaban J connectivity index is 2.79. The van der Waals surface area contributed by atoms with Crippen LogP contribution in [0.2, 0.25) is 0 Å². The molecule has 0 amide bonds. The highest BCUT2D eigenvalue weighted by Gasteiger charge is 2.35. The van der Waals surface area contributed by atoms with Crippen molar-refractivity contribution in [3.05, 3.63) is 0 Å². The lowest BCUT2D eigenvalue weighted by Crippen LogP contribution is -2.45. The van der Waals surface area contributed by atoms with Crippen molar-refractivity contribution in [3.8, 4) is 0 Å². The maximum atomic E-state index is 12.6. The molecule has 1 saturated carbocycles. The molecule has 1 rings (SSSR count). The first kappa shape index (κ1) is 18.4. The van der Waals surface area contributed by atoms with Crippen LogP contribution in [0.25, 0.3) is 0 Å². The van der Waals surface area contributed by atoms with Gasteiger partial charge in [-0.15, -0.1) is 0 Å². The average molecular weight is 319 g/mol. The third-order valence-corrected chi connectivity index (χ3v) is 5.90. The Kier molecular flexibility index (Phi) is 6.66. The van der Waals surface area contributed by atoms with Crippen LogP contribution >= 0.6 is 0 Å². The minimum Gasteiger partial charge on any atom is -0.459 e. The molecule has 1 N–H and O–H groups in total. The average Bonchev–Trinajstić information content (AvgIpc) is 2.24. The van der Waals surface area contributed by atoms with Gasteiger partial charge in [0.05, 0.1) is 5.25 Å². The smallest absolute Gasteiger partial charge is 0.321 e. The molecule has 0 aromatic rings. The van der Waals surface area contributed by atoms with Crippen molar-refractivity contribution in [1.82, 2.24) is 5.32 Å². The van der Waals surface area contributed by atoms with Crippen molar-refractivity contribution in [3.63, 3.8) is 0 Å². The summed E-state index contributed by atoms with van der Waals surface area (Å²) in [5, 5.41) is 2.63. The number of esters is 1. The van der Waals surface area contributed by atoms with E-state index in [4.69, 9.17) is 4.74 Å². The van der Waals surface area contributed by atoms with Gasteiger partial charge in [-0.1, -0.05) is 25.7 Å². The first-order valence-corrected chi connectivity index (χ1v) is 9.48. The van der Waals surface area contributed by atoms with E-state index in [2.05, 4.69) is 5.32 Å². The monoisotopic (exact) mass is 319 g/mol. The van der Waals surface area contributed by atoms with Crippen LogP contribution in [0.3, 0.4) is 0 Å². The van der Waals surface area contributed by atoms with E-state index < -0.39 is 32.4 Å². The summed E-state index contributed by atoms with van der Waals surface area (Å²) >= 11 is 0. The Hall–Kier alpha value is -0.620. The topological polar surface area (TPSA) is 72.5 Å². The molecular weight excluding hydrogens is 290 g/mol. The highest BCUT2D eigenvalue weighted by atomic mass is 32.2. The molecule has 5 nitrogen and oxygen atoms in total. The summed E-state index contributed by atoms with van der Waals surface area (Å²) in [6.45, 7) is 5.22. The summed E-state index contributed by atoms with van der Waals surface area (Å²) in [5.41, 5.74) is -0.657. The lowest BCUT2D eigenvalue weighted by Gasteiger charge is -2.29. The molecule has 21 heavy (non-hydrogen) atoms. The molecule has 1 aliphatic rings. The Bertz CT molecular complexity index is 439. The SMILES string of the molecule is CNC1CCCCCCC1S(=O)(=O)CC(=O)OC(C)(C)C. The van der Waals surface area contributed by atoms with Gasteiger partial charge in [-0.25, -0.2) is 8.42 Å². The van der Waals surface area contributed by atoms with E-state index in [9.17, 15) is 13.2 Å². The summed E-state index contributed by atoms with van der Waals surface area (Å²) in [5.74, 6) is -1.17. The number of ether oxygens (including phenoxy) is 1. The van der Waals surface area contributed by atoms with Crippen LogP contribution in [0.5, 0.6) is 0 Å². The van der Waals surface area contributed by atoms with Crippen molar-refractivity contribution in [1.29, 1.82) is 0 Å². The maximum absolute atomic E-state index is 12.6. The van der Waals surface area contributed by atoms with Gasteiger partial charge in [-0.05, 0) is 40.7 Å². The third-order valence-electron chi connectivity index (χ3n) is 3.77. The van der Waals surface area contributed by atoms with E-state index in [0.717, 1.165) is 32.1 Å². The molecule has 6 heteroatoms. The van der Waals surface area contributed by atoms with Crippen molar-refractivity contribution in [2.24, 2.45) is 0 Å². The van der Waals surface area contributed by atoms with Crippen LogP contribution in [0.1, 0.15) is 59.3 Å². The zero-order valence-electron chi connectivity index (χ0n) is 13.6. The molecule has 0 radical (unpaired) electrons. The molecule has 1 aliphatic carbocycles. The molecule has 0 saturated heterocycles. The first-order valence-electron chi connectivity index (χ1n) is 7.76. The summed E-state index contributed by atoms with van der Waals surface area (Å²) in [4.78, 5) is 11.8. The molecule has 0 aliphatic heterocycles. The minimum absolute atomic E-state index is 0.0715. The first-order chi connectivity index (χ1) is 9.65. The highest BCUT2D eigenvalue weighted by molar-refractivity contribution is 7.92. The van der Waals surface area contributed by atoms with Gasteiger partial charge in [-0.2, -0.15) is 0 Å². The van der Waals surface area contributed by atoms with Gasteiger partial charge in [-0.3, -0.25) is 4.79 Å². The summed E-state index contributed by atoms with van der Waals surface area (Å²) in [6.07, 6.45) is 5.61. The van der Waals surface area contributed by atoms with Gasteiger partial charge in [0.1, 0.15) is 11.4 Å². The van der Waals surface area contributed by atoms with E-state index in [1.165, 1.54) is 0 Å². The minimum atomic E-state index is -3.49. The second-order valence-corrected chi connectivity index (χ2v) is 9.04. The van der Waals surface area contributed by atoms with Gasteiger partial charge in [0.15, 0.2) is 9.84 Å². The molecular formula is C15H29NO4S. The molecule has 0 spiro atoms. The van der Waals surface area contributed by atoms with Crippen molar-refractivity contribution in [2.45, 2.75) is 76.2 Å². The van der Waals surface area contributed by atoms with Crippen LogP contribution in [0, 0.1) is 0 Å². The van der Waals surface area contributed by atoms with Crippen LogP contribution in [-0.2, 0) is 19.4 Å². The molecule has 2 unspecified atom stereocenters. The second-order valence-electron chi connectivity index (χ2n) is 6.82. The van der Waals surface area contributed by atoms with E-state index >= 15 is 0 Å². The number of hydrogen-bond donors (Lipinski definition) is 1. The highest BCUT2D eigenvalue weighted by Crippen LogP contribution is 2.24. The van der Waals surface area contributed by atoms with Gasteiger partial charge < -0.3 is 10.1 Å². The number of sulfone groups is 1. The fourth-order valence-electron chi connectivity index (χ4n) is 2.85. The molecule has 1 fully saturated rings. The summed E-state index contributed by atoms with van der Waals surface area (Å²) < 4.78 is 30.3. The number of carbonyl (C=O) groups is 1. The largest absolute Gasteiger partial charge is 0.459 e. The van der Waals surface area contributed by atoms with Crippen molar-refractivity contribution < 1.29 is 17.9 Å². The van der Waals surface area contributed by atoms with Gasteiger partial charge in [0.25, 0.3) is 0 Å². The van der Waals surface area contributed by atoms with Gasteiger partial charge in [0.2, 0.25) is 0 Å². The lowest BCUT2D eigenvalue weighted by molar-refractivity contribution is -0.151. The molecule has 124 valence electrons. The Morgan fingerprint density at radius 1 is 1.14 bits per heavy atom. The summed E-state index contributed by atoms with van der Waals surface area (Å²) in [6, 6.07) is -0.0715. The molecule has 0 bridgehead atoms. The lowest BCUT2D eigenvalue weighted by atomic mass is 9.96. The molecule has 0 aromatic carbocycles. The Morgan fingerprint density at radius 3 is 2.24 bits per heavy atom. The predicted octanol–water partition coefficient (Wildman–Crippen LogP) is 2.05. The number of hydrogen-bond acceptors (Lipinski definition) is 5. The zero-order chi connectivity index (χ0) is 16.1. The maximum Gasteiger partial charge on any atom is 0.321 e. The molecule has 0 heterocycles. The molecule has 0 aromatic heterocycles. The number of rotatable bonds is 4. The van der Waals surface area contributed by atoms with Gasteiger partial charge >= 0.3 is 5.97 Å². The van der Waals surface area contributed by atoms with Crippen LogP contribution < -0.4 is 5.32 Å². The fraction of sp³-hybridized carbons (Fsp3) is 0.933. The zero-order valence-corrected chi connectivity index (χ0v) is 14.5. The van der Waals surface area contributed by atoms with E-state index in [1.54, 1.807) is 27.8 Å². The Morgan fingerprint density at radius 2 is 1.71 bits per heavy atom. The predicted molar refractivity (Wildman–Crippen MR) is 84.0 cm³/mol. The third kappa shape index (κ3) is 6.34. The van der Waals surface area contributed by atoms with Crippen LogP contribution in [-0.4, -0.2) is 44.1 Å². The van der Waals surface area contributed by atoms with Crippen LogP contribution in [0.15, 0.2) is 0 Å². The van der Waals surface area contributed by atoms with Crippen molar-refractivity contribution >= 4 is 15.8 Å². The van der Waals surface area contributed by atoms with E-state index in [-0.39, 0.29) is 6.04 Å². The quantitative estimate of drug-likeness (QED) is 0.803. The fourth-order valence-corrected chi connectivity index (χ4v) is 4.75. The van der Waals surface area contributed by atoms with Crippen LogP contribution in [0.4, 0.5) is 0 Å². The van der Waals surface area contributed by atoms with Crippen molar-refractivity contribution in [2.75, 3.05) is 12.8 Å². The molecule has 2 atom stereocenters. The standard InChI is InChI=1S/C15H29NO4S/c1-15(2,3)20-14(17)11-21(18,19)13-10-8-6-5-7-9-12(13)16-4/h12-13,16H,5-11H2,1-4H3. The normalized spacial score (nSPS) is 25.0.